The number of hydrogen-bond acceptors (Lipinski definition) is 8. The molecule has 1 saturated heterocycles. The molecule has 190 valence electrons. The number of nitrogens with zero attached hydrogens (tertiary/aromatic N) is 6. The van der Waals surface area contributed by atoms with Crippen LogP contribution >= 0.6 is 0 Å². The summed E-state index contributed by atoms with van der Waals surface area (Å²) in [6.45, 7) is 11.8. The molecule has 5 rings (SSSR count). The number of hydrogen-bond donors (Lipinski definition) is 2. The van der Waals surface area contributed by atoms with Crippen molar-refractivity contribution in [3.8, 4) is 11.5 Å². The van der Waals surface area contributed by atoms with Crippen molar-refractivity contribution in [1.82, 2.24) is 35.1 Å². The van der Waals surface area contributed by atoms with E-state index in [1.165, 1.54) is 16.7 Å². The maximum atomic E-state index is 4.75. The quantitative estimate of drug-likeness (QED) is 0.389. The van der Waals surface area contributed by atoms with E-state index in [-0.39, 0.29) is 0 Å². The van der Waals surface area contributed by atoms with Gasteiger partial charge in [0.05, 0.1) is 0 Å². The summed E-state index contributed by atoms with van der Waals surface area (Å²) >= 11 is 0. The minimum absolute atomic E-state index is 0.509. The molecule has 1 aliphatic heterocycles. The van der Waals surface area contributed by atoms with Crippen molar-refractivity contribution in [3.63, 3.8) is 0 Å². The van der Waals surface area contributed by atoms with Crippen molar-refractivity contribution < 1.29 is 0 Å². The molecule has 37 heavy (non-hydrogen) atoms. The monoisotopic (exact) mass is 494 g/mol. The minimum Gasteiger partial charge on any atom is -0.325 e. The molecule has 8 nitrogen and oxygen atoms in total. The summed E-state index contributed by atoms with van der Waals surface area (Å²) in [6.07, 6.45) is 4.18. The van der Waals surface area contributed by atoms with Crippen LogP contribution in [0.2, 0.25) is 0 Å². The Morgan fingerprint density at radius 2 is 1.65 bits per heavy atom. The maximum Gasteiger partial charge on any atom is 0.180 e. The zero-order chi connectivity index (χ0) is 25.8. The summed E-state index contributed by atoms with van der Waals surface area (Å²) in [7, 11) is 0. The van der Waals surface area contributed by atoms with Crippen LogP contribution in [0.15, 0.2) is 60.9 Å². The summed E-state index contributed by atoms with van der Waals surface area (Å²) in [6, 6.07) is 17.2. The number of piperazine rings is 1. The van der Waals surface area contributed by atoms with Gasteiger partial charge in [0.1, 0.15) is 23.2 Å². The number of aromatic nitrogens is 5. The minimum atomic E-state index is 0.509. The van der Waals surface area contributed by atoms with Gasteiger partial charge in [-0.2, -0.15) is 0 Å². The fourth-order valence-corrected chi connectivity index (χ4v) is 4.90. The molecule has 3 aromatic heterocycles. The van der Waals surface area contributed by atoms with Gasteiger partial charge in [-0.05, 0) is 68.7 Å². The van der Waals surface area contributed by atoms with Crippen molar-refractivity contribution in [1.29, 1.82) is 0 Å². The van der Waals surface area contributed by atoms with Gasteiger partial charge in [-0.15, -0.1) is 0 Å². The Labute approximate surface area is 218 Å². The van der Waals surface area contributed by atoms with Gasteiger partial charge in [0.2, 0.25) is 0 Å². The van der Waals surface area contributed by atoms with Crippen LogP contribution in [-0.4, -0.2) is 55.0 Å². The Balaban J connectivity index is 1.29. The van der Waals surface area contributed by atoms with E-state index in [1.54, 1.807) is 12.4 Å². The first kappa shape index (κ1) is 24.9. The lowest BCUT2D eigenvalue weighted by molar-refractivity contribution is 0.166. The van der Waals surface area contributed by atoms with Gasteiger partial charge in [-0.1, -0.05) is 24.3 Å². The van der Waals surface area contributed by atoms with Crippen molar-refractivity contribution in [2.45, 2.75) is 52.7 Å². The third-order valence-electron chi connectivity index (χ3n) is 6.54. The summed E-state index contributed by atoms with van der Waals surface area (Å²) in [5.74, 6) is 2.69. The molecule has 4 aromatic rings. The largest absolute Gasteiger partial charge is 0.325 e. The molecule has 4 heterocycles. The highest BCUT2D eigenvalue weighted by molar-refractivity contribution is 5.56. The molecule has 2 N–H and O–H groups in total. The molecule has 0 amide bonds. The van der Waals surface area contributed by atoms with E-state index < -0.39 is 0 Å². The molecule has 0 saturated carbocycles. The van der Waals surface area contributed by atoms with Crippen molar-refractivity contribution in [2.24, 2.45) is 0 Å². The smallest absolute Gasteiger partial charge is 0.180 e. The van der Waals surface area contributed by atoms with Crippen LogP contribution in [0.3, 0.4) is 0 Å². The van der Waals surface area contributed by atoms with E-state index in [0.717, 1.165) is 36.8 Å². The lowest BCUT2D eigenvalue weighted by Crippen LogP contribution is -2.53. The average Bonchev–Trinajstić information content (AvgIpc) is 2.86. The number of pyridine rings is 1. The topological polar surface area (TPSA) is 91.8 Å². The summed E-state index contributed by atoms with van der Waals surface area (Å²) in [5, 5.41) is 6.91. The van der Waals surface area contributed by atoms with Crippen molar-refractivity contribution >= 4 is 11.6 Å². The van der Waals surface area contributed by atoms with E-state index in [0.29, 0.717) is 36.0 Å². The third kappa shape index (κ3) is 6.53. The van der Waals surface area contributed by atoms with Gasteiger partial charge >= 0.3 is 0 Å². The molecule has 1 fully saturated rings. The molecule has 0 spiro atoms. The fraction of sp³-hybridized carbons (Fsp3) is 0.345. The van der Waals surface area contributed by atoms with E-state index in [4.69, 9.17) is 4.98 Å². The second kappa shape index (κ2) is 11.1. The standard InChI is InChI=1S/C29H34N8/c1-19-8-9-23(14-24(19)18-37-16-21(3)32-22(4)17-37)15-28-30-12-10-26(35-28)34-27-11-13-31-29(36-27)25-7-5-6-20(2)33-25/h5-14,21-22,32H,15-18H2,1-4H3,(H,30,31,34,35,36)/t21-,22+. The normalized spacial score (nSPS) is 18.1. The summed E-state index contributed by atoms with van der Waals surface area (Å²) in [4.78, 5) is 25.3. The van der Waals surface area contributed by atoms with Gasteiger partial charge in [-0.3, -0.25) is 4.90 Å². The fourth-order valence-electron chi connectivity index (χ4n) is 4.90. The van der Waals surface area contributed by atoms with E-state index in [2.05, 4.69) is 74.4 Å². The predicted molar refractivity (Wildman–Crippen MR) is 147 cm³/mol. The van der Waals surface area contributed by atoms with Crippen LogP contribution < -0.4 is 10.6 Å². The van der Waals surface area contributed by atoms with Crippen LogP contribution in [0.1, 0.15) is 42.1 Å². The Bertz CT molecular complexity index is 1360. The molecule has 2 atom stereocenters. The Morgan fingerprint density at radius 1 is 0.892 bits per heavy atom. The van der Waals surface area contributed by atoms with Gasteiger partial charge in [-0.25, -0.2) is 24.9 Å². The number of rotatable bonds is 7. The van der Waals surface area contributed by atoms with Crippen molar-refractivity contribution in [2.75, 3.05) is 18.4 Å². The maximum absolute atomic E-state index is 4.75. The molecule has 0 radical (unpaired) electrons. The first-order chi connectivity index (χ1) is 17.9. The second-order valence-corrected chi connectivity index (χ2v) is 10.0. The number of benzene rings is 1. The first-order valence-corrected chi connectivity index (χ1v) is 12.8. The van der Waals surface area contributed by atoms with E-state index >= 15 is 0 Å². The Kier molecular flexibility index (Phi) is 7.48. The lowest BCUT2D eigenvalue weighted by atomic mass is 10.0. The number of nitrogens with one attached hydrogen (secondary N) is 2. The van der Waals surface area contributed by atoms with Crippen LogP contribution in [-0.2, 0) is 13.0 Å². The third-order valence-corrected chi connectivity index (χ3v) is 6.54. The zero-order valence-corrected chi connectivity index (χ0v) is 21.9. The highest BCUT2D eigenvalue weighted by Crippen LogP contribution is 2.20. The Morgan fingerprint density at radius 3 is 2.43 bits per heavy atom. The van der Waals surface area contributed by atoms with E-state index in [1.807, 2.05) is 37.3 Å². The highest BCUT2D eigenvalue weighted by Gasteiger charge is 2.21. The first-order valence-electron chi connectivity index (χ1n) is 12.8. The average molecular weight is 495 g/mol. The molecule has 8 heteroatoms. The molecule has 0 unspecified atom stereocenters. The van der Waals surface area contributed by atoms with Crippen LogP contribution in [0.4, 0.5) is 11.6 Å². The Hall–Kier alpha value is -3.75. The molecular formula is C29H34N8. The number of anilines is 2. The van der Waals surface area contributed by atoms with Crippen molar-refractivity contribution in [3.05, 3.63) is 89.1 Å². The summed E-state index contributed by atoms with van der Waals surface area (Å²) in [5.41, 5.74) is 5.57. The molecule has 1 aromatic carbocycles. The van der Waals surface area contributed by atoms with Gasteiger partial charge < -0.3 is 10.6 Å². The van der Waals surface area contributed by atoms with Crippen LogP contribution in [0.25, 0.3) is 11.5 Å². The molecular weight excluding hydrogens is 460 g/mol. The number of aryl methyl sites for hydroxylation is 2. The summed E-state index contributed by atoms with van der Waals surface area (Å²) < 4.78 is 0. The second-order valence-electron chi connectivity index (χ2n) is 10.0. The van der Waals surface area contributed by atoms with Gasteiger partial charge in [0.15, 0.2) is 5.82 Å². The lowest BCUT2D eigenvalue weighted by Gasteiger charge is -2.36. The predicted octanol–water partition coefficient (Wildman–Crippen LogP) is 4.46. The molecule has 0 bridgehead atoms. The van der Waals surface area contributed by atoms with E-state index in [9.17, 15) is 0 Å². The molecule has 0 aliphatic carbocycles. The highest BCUT2D eigenvalue weighted by atomic mass is 15.2. The van der Waals surface area contributed by atoms with Crippen LogP contribution in [0, 0.1) is 13.8 Å². The SMILES string of the molecule is Cc1cccc(-c2nccc(Nc3ccnc(Cc4ccc(C)c(CN5C[C@@H](C)N[C@@H](C)C5)c4)n3)n2)n1. The van der Waals surface area contributed by atoms with Crippen LogP contribution in [0.5, 0.6) is 0 Å². The zero-order valence-electron chi connectivity index (χ0n) is 21.9. The van der Waals surface area contributed by atoms with Gasteiger partial charge in [0.25, 0.3) is 0 Å². The van der Waals surface area contributed by atoms with Gasteiger partial charge in [0, 0.05) is 56.2 Å². The molecule has 1 aliphatic rings.